The molecule has 3 atom stereocenters. The van der Waals surface area contributed by atoms with Crippen molar-refractivity contribution in [1.82, 2.24) is 15.0 Å². The first-order valence-electron chi connectivity index (χ1n) is 8.08. The second kappa shape index (κ2) is 5.76. The van der Waals surface area contributed by atoms with Gasteiger partial charge in [0.2, 0.25) is 0 Å². The van der Waals surface area contributed by atoms with Gasteiger partial charge >= 0.3 is 0 Å². The lowest BCUT2D eigenvalue weighted by Crippen LogP contribution is -2.38. The monoisotopic (exact) mass is 313 g/mol. The molecule has 3 heterocycles. The van der Waals surface area contributed by atoms with Crippen molar-refractivity contribution in [3.63, 3.8) is 0 Å². The van der Waals surface area contributed by atoms with E-state index >= 15 is 0 Å². The minimum Gasteiger partial charge on any atom is -0.356 e. The molecule has 120 valence electrons. The van der Waals surface area contributed by atoms with Crippen LogP contribution < -0.4 is 9.80 Å². The molecule has 0 radical (unpaired) electrons. The Balaban J connectivity index is 1.50. The number of nitrogens with zero attached hydrogens (tertiary/aromatic N) is 5. The maximum atomic E-state index is 13.1. The molecule has 1 saturated heterocycles. The summed E-state index contributed by atoms with van der Waals surface area (Å²) in [6.07, 6.45) is 8.97. The van der Waals surface area contributed by atoms with Crippen LogP contribution in [-0.2, 0) is 0 Å². The Morgan fingerprint density at radius 1 is 1.13 bits per heavy atom. The van der Waals surface area contributed by atoms with Crippen molar-refractivity contribution in [2.75, 3.05) is 29.9 Å². The SMILES string of the molecule is CN(c1cnccn1)[C@@H]1CC[C@@H]2CN(c3ccc(F)cn3)C[C@@H]21. The summed E-state index contributed by atoms with van der Waals surface area (Å²) in [7, 11) is 2.11. The Labute approximate surface area is 135 Å². The quantitative estimate of drug-likeness (QED) is 0.870. The van der Waals surface area contributed by atoms with Crippen molar-refractivity contribution in [3.8, 4) is 0 Å². The standard InChI is InChI=1S/C17H20FN5/c1-22(17-9-19-6-7-20-17)15-4-2-12-10-23(11-14(12)15)16-5-3-13(18)8-21-16/h3,5-9,12,14-15H,2,4,10-11H2,1H3/t12-,14+,15-/m1/s1. The zero-order valence-corrected chi connectivity index (χ0v) is 13.1. The van der Waals surface area contributed by atoms with Gasteiger partial charge in [0.05, 0.1) is 12.4 Å². The van der Waals surface area contributed by atoms with Crippen LogP contribution in [0.3, 0.4) is 0 Å². The maximum absolute atomic E-state index is 13.1. The summed E-state index contributed by atoms with van der Waals surface area (Å²) >= 11 is 0. The van der Waals surface area contributed by atoms with Crippen LogP contribution in [0.25, 0.3) is 0 Å². The lowest BCUT2D eigenvalue weighted by Gasteiger charge is -2.30. The van der Waals surface area contributed by atoms with E-state index in [4.69, 9.17) is 0 Å². The summed E-state index contributed by atoms with van der Waals surface area (Å²) in [4.78, 5) is 17.4. The van der Waals surface area contributed by atoms with Gasteiger partial charge in [0.15, 0.2) is 0 Å². The van der Waals surface area contributed by atoms with E-state index in [-0.39, 0.29) is 5.82 Å². The Hall–Kier alpha value is -2.24. The van der Waals surface area contributed by atoms with Gasteiger partial charge in [0, 0.05) is 44.5 Å². The molecule has 2 aromatic heterocycles. The van der Waals surface area contributed by atoms with E-state index in [0.717, 1.165) is 24.7 Å². The highest BCUT2D eigenvalue weighted by Gasteiger charge is 2.44. The fourth-order valence-electron chi connectivity index (χ4n) is 4.10. The van der Waals surface area contributed by atoms with E-state index in [1.807, 2.05) is 6.20 Å². The molecule has 0 N–H and O–H groups in total. The Bertz CT molecular complexity index is 662. The van der Waals surface area contributed by atoms with Crippen molar-refractivity contribution >= 4 is 11.6 Å². The lowest BCUT2D eigenvalue weighted by molar-refractivity contribution is 0.440. The van der Waals surface area contributed by atoms with Gasteiger partial charge in [-0.05, 0) is 30.9 Å². The van der Waals surface area contributed by atoms with Crippen LogP contribution in [0.4, 0.5) is 16.0 Å². The first-order valence-corrected chi connectivity index (χ1v) is 8.08. The van der Waals surface area contributed by atoms with Crippen molar-refractivity contribution in [2.24, 2.45) is 11.8 Å². The number of halogens is 1. The molecule has 2 aromatic rings. The second-order valence-corrected chi connectivity index (χ2v) is 6.48. The van der Waals surface area contributed by atoms with Gasteiger partial charge in [-0.2, -0.15) is 0 Å². The Morgan fingerprint density at radius 2 is 2.04 bits per heavy atom. The van der Waals surface area contributed by atoms with Crippen molar-refractivity contribution in [1.29, 1.82) is 0 Å². The molecule has 0 bridgehead atoms. The minimum absolute atomic E-state index is 0.284. The molecule has 0 amide bonds. The molecule has 23 heavy (non-hydrogen) atoms. The third-order valence-electron chi connectivity index (χ3n) is 5.26. The number of fused-ring (bicyclic) bond motifs is 1. The highest BCUT2D eigenvalue weighted by molar-refractivity contribution is 5.42. The summed E-state index contributed by atoms with van der Waals surface area (Å²) in [6, 6.07) is 3.74. The van der Waals surface area contributed by atoms with Crippen LogP contribution in [0.15, 0.2) is 36.9 Å². The molecule has 1 saturated carbocycles. The van der Waals surface area contributed by atoms with E-state index in [2.05, 4.69) is 31.8 Å². The van der Waals surface area contributed by atoms with E-state index < -0.39 is 0 Å². The highest BCUT2D eigenvalue weighted by atomic mass is 19.1. The molecule has 0 unspecified atom stereocenters. The Kier molecular flexibility index (Phi) is 3.59. The van der Waals surface area contributed by atoms with Crippen LogP contribution >= 0.6 is 0 Å². The smallest absolute Gasteiger partial charge is 0.147 e. The highest BCUT2D eigenvalue weighted by Crippen LogP contribution is 2.42. The molecular weight excluding hydrogens is 293 g/mol. The molecule has 6 heteroatoms. The number of aromatic nitrogens is 3. The average molecular weight is 313 g/mol. The molecule has 0 aromatic carbocycles. The minimum atomic E-state index is -0.284. The van der Waals surface area contributed by atoms with E-state index in [9.17, 15) is 4.39 Å². The fraction of sp³-hybridized carbons (Fsp3) is 0.471. The van der Waals surface area contributed by atoms with Gasteiger partial charge < -0.3 is 9.80 Å². The number of hydrogen-bond acceptors (Lipinski definition) is 5. The van der Waals surface area contributed by atoms with Crippen molar-refractivity contribution in [2.45, 2.75) is 18.9 Å². The van der Waals surface area contributed by atoms with Crippen LogP contribution in [0.5, 0.6) is 0 Å². The predicted molar refractivity (Wildman–Crippen MR) is 86.8 cm³/mol. The van der Waals surface area contributed by atoms with Crippen LogP contribution in [-0.4, -0.2) is 41.1 Å². The van der Waals surface area contributed by atoms with Gasteiger partial charge in [-0.1, -0.05) is 0 Å². The lowest BCUT2D eigenvalue weighted by atomic mass is 9.97. The van der Waals surface area contributed by atoms with Gasteiger partial charge in [-0.25, -0.2) is 14.4 Å². The summed E-state index contributed by atoms with van der Waals surface area (Å²) in [6.45, 7) is 1.98. The number of pyridine rings is 1. The van der Waals surface area contributed by atoms with Crippen LogP contribution in [0.1, 0.15) is 12.8 Å². The van der Waals surface area contributed by atoms with Crippen LogP contribution in [0.2, 0.25) is 0 Å². The summed E-state index contributed by atoms with van der Waals surface area (Å²) in [5.41, 5.74) is 0. The number of anilines is 2. The van der Waals surface area contributed by atoms with Crippen molar-refractivity contribution < 1.29 is 4.39 Å². The summed E-state index contributed by atoms with van der Waals surface area (Å²) in [5, 5.41) is 0. The molecule has 2 aliphatic rings. The summed E-state index contributed by atoms with van der Waals surface area (Å²) in [5.74, 6) is 2.78. The Morgan fingerprint density at radius 3 is 2.78 bits per heavy atom. The van der Waals surface area contributed by atoms with Gasteiger partial charge in [-0.3, -0.25) is 4.98 Å². The number of hydrogen-bond donors (Lipinski definition) is 0. The first kappa shape index (κ1) is 14.4. The predicted octanol–water partition coefficient (Wildman–Crippen LogP) is 2.36. The van der Waals surface area contributed by atoms with E-state index in [0.29, 0.717) is 17.9 Å². The molecular formula is C17H20FN5. The largest absolute Gasteiger partial charge is 0.356 e. The van der Waals surface area contributed by atoms with E-state index in [1.165, 1.54) is 25.1 Å². The van der Waals surface area contributed by atoms with Gasteiger partial charge in [0.25, 0.3) is 0 Å². The molecule has 0 spiro atoms. The van der Waals surface area contributed by atoms with Gasteiger partial charge in [0.1, 0.15) is 17.5 Å². The molecule has 2 fully saturated rings. The molecule has 5 nitrogen and oxygen atoms in total. The summed E-state index contributed by atoms with van der Waals surface area (Å²) < 4.78 is 13.1. The van der Waals surface area contributed by atoms with E-state index in [1.54, 1.807) is 18.5 Å². The first-order chi connectivity index (χ1) is 11.2. The van der Waals surface area contributed by atoms with Crippen LogP contribution in [0, 0.1) is 17.7 Å². The normalized spacial score (nSPS) is 26.3. The second-order valence-electron chi connectivity index (χ2n) is 6.48. The zero-order valence-electron chi connectivity index (χ0n) is 13.1. The number of rotatable bonds is 3. The topological polar surface area (TPSA) is 45.2 Å². The fourth-order valence-corrected chi connectivity index (χ4v) is 4.10. The van der Waals surface area contributed by atoms with Gasteiger partial charge in [-0.15, -0.1) is 0 Å². The molecule has 4 rings (SSSR count). The average Bonchev–Trinajstić information content (AvgIpc) is 3.16. The zero-order chi connectivity index (χ0) is 15.8. The third-order valence-corrected chi connectivity index (χ3v) is 5.26. The molecule has 1 aliphatic carbocycles. The molecule has 1 aliphatic heterocycles. The van der Waals surface area contributed by atoms with Crippen molar-refractivity contribution in [3.05, 3.63) is 42.7 Å². The maximum Gasteiger partial charge on any atom is 0.147 e. The third kappa shape index (κ3) is 2.62.